The number of likely N-dealkylation sites (tertiary alicyclic amines) is 1. The Morgan fingerprint density at radius 2 is 1.87 bits per heavy atom. The predicted octanol–water partition coefficient (Wildman–Crippen LogP) is 3.88. The lowest BCUT2D eigenvalue weighted by Gasteiger charge is -2.37. The Labute approximate surface area is 263 Å². The topological polar surface area (TPSA) is 163 Å². The fourth-order valence-corrected chi connectivity index (χ4v) is 7.60. The number of hydrogen-bond donors (Lipinski definition) is 4. The van der Waals surface area contributed by atoms with Crippen molar-refractivity contribution in [2.75, 3.05) is 32.5 Å². The summed E-state index contributed by atoms with van der Waals surface area (Å²) in [6, 6.07) is 13.5. The average Bonchev–Trinajstić information content (AvgIpc) is 3.45. The summed E-state index contributed by atoms with van der Waals surface area (Å²) in [5.41, 5.74) is 19.7. The van der Waals surface area contributed by atoms with E-state index in [1.54, 1.807) is 47.4 Å². The summed E-state index contributed by atoms with van der Waals surface area (Å²) >= 11 is 1.13. The molecule has 0 spiro atoms. The molecule has 2 amide bonds. The molecule has 1 fully saturated rings. The van der Waals surface area contributed by atoms with Gasteiger partial charge in [-0.05, 0) is 60.7 Å². The minimum atomic E-state index is -1.82. The number of piperidine rings is 1. The van der Waals surface area contributed by atoms with Crippen LogP contribution in [0.2, 0.25) is 0 Å². The molecule has 1 aliphatic carbocycles. The van der Waals surface area contributed by atoms with Crippen LogP contribution < -0.4 is 27.3 Å². The second-order valence-electron chi connectivity index (χ2n) is 11.5. The maximum absolute atomic E-state index is 15.8. The van der Waals surface area contributed by atoms with Crippen LogP contribution in [-0.4, -0.2) is 55.3 Å². The molecule has 234 valence electrons. The molecule has 1 aliphatic heterocycles. The van der Waals surface area contributed by atoms with Crippen LogP contribution in [0.25, 0.3) is 10.1 Å². The van der Waals surface area contributed by atoms with Gasteiger partial charge >= 0.3 is 0 Å². The van der Waals surface area contributed by atoms with E-state index in [0.717, 1.165) is 17.8 Å². The number of carbonyl (C=O) groups excluding carboxylic acids is 3. The molecule has 12 heteroatoms. The Bertz CT molecular complexity index is 1830. The van der Waals surface area contributed by atoms with E-state index in [1.807, 2.05) is 6.07 Å². The number of anilines is 1. The van der Waals surface area contributed by atoms with Gasteiger partial charge in [-0.1, -0.05) is 30.3 Å². The number of benzene rings is 3. The Balaban J connectivity index is 1.39. The molecular weight excluding hydrogens is 597 g/mol. The highest BCUT2D eigenvalue weighted by molar-refractivity contribution is 7.21. The number of nitrogens with one attached hydrogen (secondary N) is 1. The summed E-state index contributed by atoms with van der Waals surface area (Å²) < 4.78 is 27.1. The molecule has 3 atom stereocenters. The molecule has 2 heterocycles. The lowest BCUT2D eigenvalue weighted by atomic mass is 9.69. The molecule has 6 rings (SSSR count). The fraction of sp³-hybridized carbons (Fsp3) is 0.303. The summed E-state index contributed by atoms with van der Waals surface area (Å²) in [4.78, 5) is 42.2. The number of ether oxygens (including phenoxy) is 2. The summed E-state index contributed by atoms with van der Waals surface area (Å²) in [5.74, 6) is -1.36. The van der Waals surface area contributed by atoms with Crippen molar-refractivity contribution in [3.05, 3.63) is 87.5 Å². The van der Waals surface area contributed by atoms with Crippen LogP contribution in [0.3, 0.4) is 0 Å². The van der Waals surface area contributed by atoms with Gasteiger partial charge in [0.15, 0.2) is 17.3 Å². The maximum Gasteiger partial charge on any atom is 0.262 e. The van der Waals surface area contributed by atoms with Crippen molar-refractivity contribution in [1.29, 1.82) is 0 Å². The highest BCUT2D eigenvalue weighted by Gasteiger charge is 2.50. The van der Waals surface area contributed by atoms with Crippen LogP contribution in [-0.2, 0) is 19.9 Å². The van der Waals surface area contributed by atoms with Crippen molar-refractivity contribution in [1.82, 2.24) is 10.2 Å². The van der Waals surface area contributed by atoms with Crippen molar-refractivity contribution >= 4 is 44.7 Å². The van der Waals surface area contributed by atoms with Gasteiger partial charge in [0.2, 0.25) is 5.91 Å². The van der Waals surface area contributed by atoms with Crippen molar-refractivity contribution in [2.24, 2.45) is 11.5 Å². The van der Waals surface area contributed by atoms with Crippen LogP contribution in [0.1, 0.15) is 50.8 Å². The molecule has 4 aromatic rings. The van der Waals surface area contributed by atoms with E-state index >= 15 is 4.39 Å². The predicted molar refractivity (Wildman–Crippen MR) is 170 cm³/mol. The lowest BCUT2D eigenvalue weighted by Crippen LogP contribution is -2.53. The van der Waals surface area contributed by atoms with E-state index in [0.29, 0.717) is 52.2 Å². The van der Waals surface area contributed by atoms with E-state index < -0.39 is 29.1 Å². The fourth-order valence-electron chi connectivity index (χ4n) is 6.40. The highest BCUT2D eigenvalue weighted by Crippen LogP contribution is 2.50. The van der Waals surface area contributed by atoms with Crippen LogP contribution in [0.15, 0.2) is 54.6 Å². The van der Waals surface area contributed by atoms with Gasteiger partial charge in [0.05, 0.1) is 15.6 Å². The number of Topliss-reactive ketones (excluding diaryl/α,β-unsaturated/α-hetero) is 1. The normalized spacial score (nSPS) is 21.2. The molecule has 0 radical (unpaired) electrons. The second-order valence-corrected chi connectivity index (χ2v) is 12.5. The number of thiophene rings is 1. The van der Waals surface area contributed by atoms with Gasteiger partial charge in [-0.2, -0.15) is 0 Å². The summed E-state index contributed by atoms with van der Waals surface area (Å²) in [5, 5.41) is 3.54. The van der Waals surface area contributed by atoms with Gasteiger partial charge in [0.25, 0.3) is 5.91 Å². The first-order valence-corrected chi connectivity index (χ1v) is 15.4. The van der Waals surface area contributed by atoms with Crippen LogP contribution in [0, 0.1) is 12.7 Å². The average molecular weight is 632 g/mol. The minimum Gasteiger partial charge on any atom is -0.454 e. The van der Waals surface area contributed by atoms with E-state index in [9.17, 15) is 14.4 Å². The number of nitrogens with two attached hydrogens (primary N) is 3. The molecule has 0 saturated carbocycles. The third-order valence-corrected chi connectivity index (χ3v) is 9.90. The van der Waals surface area contributed by atoms with Gasteiger partial charge < -0.3 is 36.9 Å². The lowest BCUT2D eigenvalue weighted by molar-refractivity contribution is -0.136. The van der Waals surface area contributed by atoms with Crippen molar-refractivity contribution < 1.29 is 28.2 Å². The molecule has 1 aromatic heterocycles. The largest absolute Gasteiger partial charge is 0.454 e. The standard InChI is InChI=1S/C33H34FN5O5S/c1-17-20(11-13-23(27(17)34)44-19-8-4-3-5-9-19)33(37)21-10-12-22(35)29-25(21)26(28(36)31(33)41)30(45-29)32(42)38-18-7-6-14-39(15-18)24(40)16-43-2/h3-5,8-13,18,28H,6-7,14-16,35-37H2,1-2H3,(H,38,42). The molecule has 1 saturated heterocycles. The van der Waals surface area contributed by atoms with Gasteiger partial charge in [-0.25, -0.2) is 4.39 Å². The number of para-hydroxylation sites is 1. The molecule has 7 N–H and O–H groups in total. The zero-order valence-corrected chi connectivity index (χ0v) is 25.7. The van der Waals surface area contributed by atoms with Crippen LogP contribution >= 0.6 is 11.3 Å². The SMILES string of the molecule is COCC(=O)N1CCCC(NC(=O)c2sc3c(N)ccc4c3c2C(N)C(=O)C4(N)c2ccc(Oc3ccccc3)c(F)c2C)C1. The Morgan fingerprint density at radius 1 is 1.13 bits per heavy atom. The van der Waals surface area contributed by atoms with Crippen molar-refractivity contribution in [3.8, 4) is 11.5 Å². The van der Waals surface area contributed by atoms with Gasteiger partial charge in [0.1, 0.15) is 17.9 Å². The smallest absolute Gasteiger partial charge is 0.262 e. The number of halogens is 1. The van der Waals surface area contributed by atoms with E-state index in [4.69, 9.17) is 26.7 Å². The summed E-state index contributed by atoms with van der Waals surface area (Å²) in [7, 11) is 1.46. The quantitative estimate of drug-likeness (QED) is 0.223. The summed E-state index contributed by atoms with van der Waals surface area (Å²) in [6.07, 6.45) is 1.40. The van der Waals surface area contributed by atoms with Crippen molar-refractivity contribution in [2.45, 2.75) is 37.4 Å². The number of amides is 2. The molecule has 45 heavy (non-hydrogen) atoms. The number of carbonyl (C=O) groups is 3. The molecule has 3 unspecified atom stereocenters. The van der Waals surface area contributed by atoms with E-state index in [2.05, 4.69) is 5.32 Å². The van der Waals surface area contributed by atoms with Gasteiger partial charge in [0, 0.05) is 42.9 Å². The third kappa shape index (κ3) is 5.13. The number of rotatable bonds is 7. The summed E-state index contributed by atoms with van der Waals surface area (Å²) in [6.45, 7) is 2.43. The highest BCUT2D eigenvalue weighted by atomic mass is 32.1. The third-order valence-electron chi connectivity index (χ3n) is 8.64. The van der Waals surface area contributed by atoms with Gasteiger partial charge in [-0.3, -0.25) is 14.4 Å². The van der Waals surface area contributed by atoms with E-state index in [1.165, 1.54) is 20.1 Å². The Hall–Kier alpha value is -4.36. The number of nitrogen functional groups attached to an aromatic ring is 1. The number of methoxy groups -OCH3 is 1. The number of nitrogens with zero attached hydrogens (tertiary/aromatic N) is 1. The molecule has 2 aliphatic rings. The molecule has 0 bridgehead atoms. The second kappa shape index (κ2) is 11.9. The number of hydrogen-bond acceptors (Lipinski definition) is 9. The zero-order chi connectivity index (χ0) is 32.0. The molecular formula is C33H34FN5O5S. The molecule has 3 aromatic carbocycles. The first kappa shape index (κ1) is 30.7. The van der Waals surface area contributed by atoms with Crippen LogP contribution in [0.5, 0.6) is 11.5 Å². The Morgan fingerprint density at radius 3 is 2.60 bits per heavy atom. The first-order chi connectivity index (χ1) is 21.6. The Kier molecular flexibility index (Phi) is 8.08. The zero-order valence-electron chi connectivity index (χ0n) is 24.9. The van der Waals surface area contributed by atoms with Crippen molar-refractivity contribution in [3.63, 3.8) is 0 Å². The first-order valence-electron chi connectivity index (χ1n) is 14.6. The number of ketones is 1. The monoisotopic (exact) mass is 631 g/mol. The maximum atomic E-state index is 15.8. The van der Waals surface area contributed by atoms with Gasteiger partial charge in [-0.15, -0.1) is 11.3 Å². The van der Waals surface area contributed by atoms with Crippen LogP contribution in [0.4, 0.5) is 10.1 Å². The van der Waals surface area contributed by atoms with E-state index in [-0.39, 0.29) is 40.3 Å². The molecule has 10 nitrogen and oxygen atoms in total. The minimum absolute atomic E-state index is 0.0126.